The average molecular weight is 579 g/mol. The van der Waals surface area contributed by atoms with E-state index in [1.807, 2.05) is 37.3 Å². The number of fused-ring (bicyclic) bond motifs is 1. The SMILES string of the molecule is CCOc1ccc2oc(-c3ccccc3)c(C(=O)Oc3ccc(C(=O)C=Cc4cc(OC)c(OC)c(OC)c4)cc3)c2c1. The maximum atomic E-state index is 13.6. The molecule has 5 rings (SSSR count). The molecule has 0 aliphatic heterocycles. The average Bonchev–Trinajstić information content (AvgIpc) is 3.43. The van der Waals surface area contributed by atoms with E-state index in [1.54, 1.807) is 60.7 Å². The van der Waals surface area contributed by atoms with Crippen LogP contribution in [0.15, 0.2) is 95.4 Å². The Labute approximate surface area is 249 Å². The van der Waals surface area contributed by atoms with Crippen molar-refractivity contribution in [1.82, 2.24) is 0 Å². The number of carbonyl (C=O) groups excluding carboxylic acids is 2. The zero-order chi connectivity index (χ0) is 30.3. The minimum atomic E-state index is -0.590. The van der Waals surface area contributed by atoms with E-state index in [0.717, 1.165) is 5.56 Å². The fourth-order valence-corrected chi connectivity index (χ4v) is 4.64. The van der Waals surface area contributed by atoms with E-state index in [4.69, 9.17) is 28.1 Å². The highest BCUT2D eigenvalue weighted by atomic mass is 16.5. The fourth-order valence-electron chi connectivity index (χ4n) is 4.64. The number of carbonyl (C=O) groups is 2. The number of esters is 1. The van der Waals surface area contributed by atoms with E-state index in [0.29, 0.717) is 57.5 Å². The summed E-state index contributed by atoms with van der Waals surface area (Å²) in [4.78, 5) is 26.4. The zero-order valence-electron chi connectivity index (χ0n) is 24.2. The minimum absolute atomic E-state index is 0.234. The summed E-state index contributed by atoms with van der Waals surface area (Å²) in [6.45, 7) is 2.37. The van der Waals surface area contributed by atoms with Crippen LogP contribution in [0.25, 0.3) is 28.4 Å². The zero-order valence-corrected chi connectivity index (χ0v) is 24.2. The molecule has 1 heterocycles. The minimum Gasteiger partial charge on any atom is -0.494 e. The molecule has 0 unspecified atom stereocenters. The smallest absolute Gasteiger partial charge is 0.348 e. The van der Waals surface area contributed by atoms with Crippen molar-refractivity contribution >= 4 is 28.8 Å². The molecule has 0 atom stereocenters. The molecule has 1 aromatic heterocycles. The lowest BCUT2D eigenvalue weighted by atomic mass is 10.1. The van der Waals surface area contributed by atoms with Gasteiger partial charge in [0.2, 0.25) is 5.75 Å². The molecule has 8 nitrogen and oxygen atoms in total. The van der Waals surface area contributed by atoms with Gasteiger partial charge in [0.05, 0.1) is 27.9 Å². The molecule has 0 N–H and O–H groups in total. The molecule has 0 radical (unpaired) electrons. The van der Waals surface area contributed by atoms with Crippen LogP contribution in [-0.4, -0.2) is 39.7 Å². The van der Waals surface area contributed by atoms with Crippen molar-refractivity contribution in [1.29, 1.82) is 0 Å². The number of ketones is 1. The van der Waals surface area contributed by atoms with Crippen LogP contribution in [0, 0.1) is 0 Å². The van der Waals surface area contributed by atoms with E-state index in [-0.39, 0.29) is 17.1 Å². The van der Waals surface area contributed by atoms with E-state index < -0.39 is 5.97 Å². The molecule has 0 spiro atoms. The maximum Gasteiger partial charge on any atom is 0.348 e. The van der Waals surface area contributed by atoms with Crippen LogP contribution in [0.5, 0.6) is 28.7 Å². The predicted octanol–water partition coefficient (Wildman–Crippen LogP) is 7.64. The summed E-state index contributed by atoms with van der Waals surface area (Å²) in [5, 5.41) is 0.582. The lowest BCUT2D eigenvalue weighted by molar-refractivity contribution is 0.0737. The Hall–Kier alpha value is -5.50. The van der Waals surface area contributed by atoms with Gasteiger partial charge in [0, 0.05) is 16.5 Å². The summed E-state index contributed by atoms with van der Waals surface area (Å²) in [6.07, 6.45) is 3.10. The van der Waals surface area contributed by atoms with Crippen LogP contribution in [0.2, 0.25) is 0 Å². The normalized spacial score (nSPS) is 11.0. The Kier molecular flexibility index (Phi) is 8.77. The molecule has 43 heavy (non-hydrogen) atoms. The second-order valence-corrected chi connectivity index (χ2v) is 9.33. The first-order valence-corrected chi connectivity index (χ1v) is 13.5. The number of hydrogen-bond acceptors (Lipinski definition) is 8. The summed E-state index contributed by atoms with van der Waals surface area (Å²) in [6, 6.07) is 24.5. The van der Waals surface area contributed by atoms with Gasteiger partial charge < -0.3 is 28.1 Å². The highest BCUT2D eigenvalue weighted by Crippen LogP contribution is 2.39. The van der Waals surface area contributed by atoms with Gasteiger partial charge in [0.1, 0.15) is 28.4 Å². The fraction of sp³-hybridized carbons (Fsp3) is 0.143. The monoisotopic (exact) mass is 578 g/mol. The molecular formula is C35H30O8. The van der Waals surface area contributed by atoms with E-state index >= 15 is 0 Å². The summed E-state index contributed by atoms with van der Waals surface area (Å²) >= 11 is 0. The van der Waals surface area contributed by atoms with Crippen molar-refractivity contribution in [2.45, 2.75) is 6.92 Å². The first-order valence-electron chi connectivity index (χ1n) is 13.5. The molecule has 0 amide bonds. The van der Waals surface area contributed by atoms with Gasteiger partial charge in [-0.15, -0.1) is 0 Å². The van der Waals surface area contributed by atoms with Crippen molar-refractivity contribution in [3.05, 3.63) is 108 Å². The second-order valence-electron chi connectivity index (χ2n) is 9.33. The van der Waals surface area contributed by atoms with Crippen molar-refractivity contribution < 1.29 is 37.7 Å². The Morgan fingerprint density at radius 1 is 0.791 bits per heavy atom. The number of benzene rings is 4. The van der Waals surface area contributed by atoms with Gasteiger partial charge in [-0.3, -0.25) is 4.79 Å². The van der Waals surface area contributed by atoms with Gasteiger partial charge in [0.25, 0.3) is 0 Å². The van der Waals surface area contributed by atoms with Crippen LogP contribution in [-0.2, 0) is 0 Å². The highest BCUT2D eigenvalue weighted by molar-refractivity contribution is 6.10. The Morgan fingerprint density at radius 2 is 1.47 bits per heavy atom. The maximum absolute atomic E-state index is 13.6. The van der Waals surface area contributed by atoms with Crippen LogP contribution in [0.1, 0.15) is 33.2 Å². The van der Waals surface area contributed by atoms with E-state index in [9.17, 15) is 9.59 Å². The van der Waals surface area contributed by atoms with Gasteiger partial charge in [-0.25, -0.2) is 4.79 Å². The van der Waals surface area contributed by atoms with Crippen LogP contribution >= 0.6 is 0 Å². The van der Waals surface area contributed by atoms with E-state index in [1.165, 1.54) is 27.4 Å². The molecule has 0 bridgehead atoms. The molecule has 0 fully saturated rings. The second kappa shape index (κ2) is 13.0. The van der Waals surface area contributed by atoms with Gasteiger partial charge >= 0.3 is 5.97 Å². The third-order valence-electron chi connectivity index (χ3n) is 6.67. The van der Waals surface area contributed by atoms with Crippen molar-refractivity contribution in [3.63, 3.8) is 0 Å². The van der Waals surface area contributed by atoms with E-state index in [2.05, 4.69) is 0 Å². The Morgan fingerprint density at radius 3 is 2.09 bits per heavy atom. The van der Waals surface area contributed by atoms with Gasteiger partial charge in [-0.2, -0.15) is 0 Å². The highest BCUT2D eigenvalue weighted by Gasteiger charge is 2.24. The third kappa shape index (κ3) is 6.23. The Bertz CT molecular complexity index is 1760. The Balaban J connectivity index is 1.37. The molecule has 8 heteroatoms. The topological polar surface area (TPSA) is 93.4 Å². The van der Waals surface area contributed by atoms with Gasteiger partial charge in [0.15, 0.2) is 17.3 Å². The summed E-state index contributed by atoms with van der Waals surface area (Å²) in [5.41, 5.74) is 2.68. The first kappa shape index (κ1) is 29.0. The molecule has 0 saturated carbocycles. The van der Waals surface area contributed by atoms with Crippen molar-refractivity contribution in [3.8, 4) is 40.1 Å². The van der Waals surface area contributed by atoms with Gasteiger partial charge in [-0.1, -0.05) is 36.4 Å². The lowest BCUT2D eigenvalue weighted by Crippen LogP contribution is -2.09. The van der Waals surface area contributed by atoms with Crippen molar-refractivity contribution in [2.75, 3.05) is 27.9 Å². The van der Waals surface area contributed by atoms with Crippen LogP contribution < -0.4 is 23.7 Å². The van der Waals surface area contributed by atoms with Gasteiger partial charge in [-0.05, 0) is 73.2 Å². The number of rotatable bonds is 11. The predicted molar refractivity (Wildman–Crippen MR) is 164 cm³/mol. The quantitative estimate of drug-likeness (QED) is 0.0683. The van der Waals surface area contributed by atoms with Crippen molar-refractivity contribution in [2.24, 2.45) is 0 Å². The summed E-state index contributed by atoms with van der Waals surface area (Å²) < 4.78 is 33.6. The molecule has 0 saturated heterocycles. The molecule has 5 aromatic rings. The molecule has 4 aromatic carbocycles. The summed E-state index contributed by atoms with van der Waals surface area (Å²) in [7, 11) is 4.58. The first-order chi connectivity index (χ1) is 20.9. The van der Waals surface area contributed by atoms with Crippen LogP contribution in [0.4, 0.5) is 0 Å². The number of ether oxygens (including phenoxy) is 5. The summed E-state index contributed by atoms with van der Waals surface area (Å²) in [5.74, 6) is 1.90. The molecule has 0 aliphatic carbocycles. The standard InChI is InChI=1S/C35H30O8/c1-5-41-26-16-18-29-27(21-26)32(33(43-29)24-9-7-6-8-10-24)35(37)42-25-14-12-23(13-15-25)28(36)17-11-22-19-30(38-2)34(40-4)31(20-22)39-3/h6-21H,5H2,1-4H3. The molecular weight excluding hydrogens is 548 g/mol. The largest absolute Gasteiger partial charge is 0.494 e. The third-order valence-corrected chi connectivity index (χ3v) is 6.67. The number of allylic oxidation sites excluding steroid dienone is 1. The lowest BCUT2D eigenvalue weighted by Gasteiger charge is -2.12. The molecule has 0 aliphatic rings. The number of furan rings is 1. The number of hydrogen-bond donors (Lipinski definition) is 0. The van der Waals surface area contributed by atoms with Crippen LogP contribution in [0.3, 0.4) is 0 Å². The molecule has 218 valence electrons. The number of methoxy groups -OCH3 is 3.